The summed E-state index contributed by atoms with van der Waals surface area (Å²) in [4.78, 5) is 5.46. The van der Waals surface area contributed by atoms with Crippen LogP contribution < -0.4 is 0 Å². The molecule has 0 aliphatic rings. The van der Waals surface area contributed by atoms with E-state index in [0.29, 0.717) is 0 Å². The number of hydrogen-bond acceptors (Lipinski definition) is 1. The monoisotopic (exact) mass is 429 g/mol. The lowest BCUT2D eigenvalue weighted by atomic mass is 9.86. The number of aryl methyl sites for hydroxylation is 2. The van der Waals surface area contributed by atoms with Crippen LogP contribution in [0, 0.1) is 0 Å². The van der Waals surface area contributed by atoms with Crippen LogP contribution in [0.15, 0.2) is 0 Å². The first-order chi connectivity index (χ1) is 15.2. The Morgan fingerprint density at radius 2 is 0.645 bits per heavy atom. The van der Waals surface area contributed by atoms with Crippen LogP contribution in [0.4, 0.5) is 0 Å². The fourth-order valence-corrected chi connectivity index (χ4v) is 4.87. The molecule has 1 nitrogen and oxygen atoms in total. The molecule has 0 saturated heterocycles. The summed E-state index contributed by atoms with van der Waals surface area (Å²) in [7, 11) is 0. The van der Waals surface area contributed by atoms with Gasteiger partial charge in [-0.15, -0.1) is 0 Å². The van der Waals surface area contributed by atoms with Gasteiger partial charge in [0.05, 0.1) is 0 Å². The maximum atomic E-state index is 5.46. The lowest BCUT2D eigenvalue weighted by Gasteiger charge is -2.22. The van der Waals surface area contributed by atoms with Crippen LogP contribution in [0.1, 0.15) is 159 Å². The maximum absolute atomic E-state index is 5.46. The topological polar surface area (TPSA) is 12.9 Å². The van der Waals surface area contributed by atoms with E-state index < -0.39 is 0 Å². The van der Waals surface area contributed by atoms with E-state index in [4.69, 9.17) is 4.98 Å². The van der Waals surface area contributed by atoms with Crippen LogP contribution in [0.5, 0.6) is 0 Å². The number of aromatic nitrogens is 1. The molecule has 1 rings (SSSR count). The van der Waals surface area contributed by atoms with Crippen molar-refractivity contribution in [3.63, 3.8) is 0 Å². The Morgan fingerprint density at radius 3 is 0.968 bits per heavy atom. The quantitative estimate of drug-likeness (QED) is 0.188. The summed E-state index contributed by atoms with van der Waals surface area (Å²) in [5, 5.41) is 0. The first-order valence-electron chi connectivity index (χ1n) is 14.3. The summed E-state index contributed by atoms with van der Waals surface area (Å²) in [6.45, 7) is 11.6. The van der Waals surface area contributed by atoms with Crippen LogP contribution in [0.3, 0.4) is 0 Å². The minimum absolute atomic E-state index is 1.20. The fourth-order valence-electron chi connectivity index (χ4n) is 4.87. The molecule has 1 aromatic heterocycles. The summed E-state index contributed by atoms with van der Waals surface area (Å²) < 4.78 is 0. The van der Waals surface area contributed by atoms with Gasteiger partial charge < -0.3 is 0 Å². The van der Waals surface area contributed by atoms with Gasteiger partial charge in [0.25, 0.3) is 0 Å². The largest absolute Gasteiger partial charge is 0.257 e. The van der Waals surface area contributed by atoms with Gasteiger partial charge in [0.15, 0.2) is 0 Å². The zero-order chi connectivity index (χ0) is 22.7. The molecule has 0 aliphatic heterocycles. The predicted molar refractivity (Wildman–Crippen MR) is 140 cm³/mol. The third kappa shape index (κ3) is 11.0. The summed E-state index contributed by atoms with van der Waals surface area (Å²) in [5.74, 6) is 0. The minimum Gasteiger partial charge on any atom is -0.257 e. The average molecular weight is 430 g/mol. The minimum atomic E-state index is 1.20. The number of pyridine rings is 1. The van der Waals surface area contributed by atoms with Crippen LogP contribution >= 0.6 is 0 Å². The molecular weight excluding hydrogens is 374 g/mol. The van der Waals surface area contributed by atoms with Crippen molar-refractivity contribution in [2.45, 2.75) is 163 Å². The molecule has 0 atom stereocenters. The molecule has 31 heavy (non-hydrogen) atoms. The van der Waals surface area contributed by atoms with Gasteiger partial charge in [0.1, 0.15) is 0 Å². The molecule has 0 unspecified atom stereocenters. The predicted octanol–water partition coefficient (Wildman–Crippen LogP) is 9.75. The summed E-state index contributed by atoms with van der Waals surface area (Å²) in [6.07, 6.45) is 26.1. The van der Waals surface area contributed by atoms with Crippen LogP contribution in [0.2, 0.25) is 0 Å². The molecule has 0 fully saturated rings. The van der Waals surface area contributed by atoms with E-state index in [-0.39, 0.29) is 0 Å². The van der Waals surface area contributed by atoms with Gasteiger partial charge in [-0.2, -0.15) is 0 Å². The Hall–Kier alpha value is -0.850. The highest BCUT2D eigenvalue weighted by Crippen LogP contribution is 2.29. The zero-order valence-corrected chi connectivity index (χ0v) is 22.1. The number of unbranched alkanes of at least 4 members (excludes halogenated alkanes) is 10. The van der Waals surface area contributed by atoms with Gasteiger partial charge in [-0.3, -0.25) is 4.98 Å². The lowest BCUT2D eigenvalue weighted by molar-refractivity contribution is 0.639. The second-order valence-electron chi connectivity index (χ2n) is 9.73. The van der Waals surface area contributed by atoms with Crippen molar-refractivity contribution in [2.24, 2.45) is 0 Å². The summed E-state index contributed by atoms with van der Waals surface area (Å²) in [6, 6.07) is 0. The number of hydrogen-bond donors (Lipinski definition) is 0. The first-order valence-corrected chi connectivity index (χ1v) is 14.3. The second-order valence-corrected chi connectivity index (χ2v) is 9.73. The van der Waals surface area contributed by atoms with Crippen molar-refractivity contribution in [3.05, 3.63) is 28.1 Å². The van der Waals surface area contributed by atoms with Crippen LogP contribution in [-0.4, -0.2) is 4.98 Å². The molecule has 1 heterocycles. The third-order valence-electron chi connectivity index (χ3n) is 6.82. The van der Waals surface area contributed by atoms with Crippen LogP contribution in [-0.2, 0) is 32.1 Å². The SMILES string of the molecule is CCCCCc1nc(CCCCC)c(CCCCC)c(CCCCC)c1CCCCC. The van der Waals surface area contributed by atoms with Gasteiger partial charge in [0.2, 0.25) is 0 Å². The van der Waals surface area contributed by atoms with E-state index in [0.717, 1.165) is 0 Å². The van der Waals surface area contributed by atoms with E-state index >= 15 is 0 Å². The Morgan fingerprint density at radius 1 is 0.355 bits per heavy atom. The third-order valence-corrected chi connectivity index (χ3v) is 6.82. The van der Waals surface area contributed by atoms with E-state index in [1.54, 1.807) is 16.7 Å². The fraction of sp³-hybridized carbons (Fsp3) is 0.833. The normalized spacial score (nSPS) is 11.4. The smallest absolute Gasteiger partial charge is 0.0441 e. The van der Waals surface area contributed by atoms with Crippen molar-refractivity contribution in [1.29, 1.82) is 0 Å². The van der Waals surface area contributed by atoms with E-state index in [9.17, 15) is 0 Å². The Kier molecular flexibility index (Phi) is 17.0. The molecule has 1 heteroatoms. The molecule has 0 radical (unpaired) electrons. The number of rotatable bonds is 20. The molecule has 0 aliphatic carbocycles. The highest BCUT2D eigenvalue weighted by atomic mass is 14.7. The molecular formula is C30H55N. The molecule has 0 aromatic carbocycles. The van der Waals surface area contributed by atoms with Crippen molar-refractivity contribution in [3.8, 4) is 0 Å². The van der Waals surface area contributed by atoms with Gasteiger partial charge >= 0.3 is 0 Å². The molecule has 0 amide bonds. The Balaban J connectivity index is 3.37. The lowest BCUT2D eigenvalue weighted by Crippen LogP contribution is -2.13. The highest BCUT2D eigenvalue weighted by Gasteiger charge is 2.19. The van der Waals surface area contributed by atoms with Crippen molar-refractivity contribution < 1.29 is 0 Å². The number of nitrogens with zero attached hydrogens (tertiary/aromatic N) is 1. The van der Waals surface area contributed by atoms with Crippen molar-refractivity contribution in [2.75, 3.05) is 0 Å². The van der Waals surface area contributed by atoms with Crippen molar-refractivity contribution >= 4 is 0 Å². The first kappa shape index (κ1) is 28.2. The maximum Gasteiger partial charge on any atom is 0.0441 e. The molecule has 1 aromatic rings. The average Bonchev–Trinajstić information content (AvgIpc) is 2.77. The summed E-state index contributed by atoms with van der Waals surface area (Å²) in [5.41, 5.74) is 8.11. The second kappa shape index (κ2) is 18.7. The van der Waals surface area contributed by atoms with Crippen molar-refractivity contribution in [1.82, 2.24) is 4.98 Å². The molecule has 0 N–H and O–H groups in total. The van der Waals surface area contributed by atoms with Crippen LogP contribution in [0.25, 0.3) is 0 Å². The zero-order valence-electron chi connectivity index (χ0n) is 22.1. The molecule has 180 valence electrons. The van der Waals surface area contributed by atoms with Gasteiger partial charge in [-0.1, -0.05) is 98.8 Å². The van der Waals surface area contributed by atoms with Gasteiger partial charge in [-0.05, 0) is 80.9 Å². The van der Waals surface area contributed by atoms with E-state index in [1.807, 2.05) is 0 Å². The Bertz CT molecular complexity index is 518. The molecule has 0 bridgehead atoms. The van der Waals surface area contributed by atoms with E-state index in [1.165, 1.54) is 140 Å². The Labute approximate surface area is 196 Å². The highest BCUT2D eigenvalue weighted by molar-refractivity contribution is 5.42. The van der Waals surface area contributed by atoms with Gasteiger partial charge in [0, 0.05) is 11.4 Å². The van der Waals surface area contributed by atoms with Gasteiger partial charge in [-0.25, -0.2) is 0 Å². The standard InChI is InChI=1S/C30H55N/c1-6-11-16-21-26-27(22-17-12-7-2)29(24-19-14-9-4)31-30(25-20-15-10-5)28(26)23-18-13-8-3/h6-25H2,1-5H3. The molecule has 0 saturated carbocycles. The molecule has 0 spiro atoms. The summed E-state index contributed by atoms with van der Waals surface area (Å²) >= 11 is 0. The van der Waals surface area contributed by atoms with E-state index in [2.05, 4.69) is 34.6 Å².